The van der Waals surface area contributed by atoms with Crippen LogP contribution in [0.15, 0.2) is 29.4 Å². The van der Waals surface area contributed by atoms with Crippen molar-refractivity contribution in [3.05, 3.63) is 40.7 Å². The molecule has 1 aromatic heterocycles. The van der Waals surface area contributed by atoms with Gasteiger partial charge < -0.3 is 9.30 Å². The maximum absolute atomic E-state index is 5.95. The highest BCUT2D eigenvalue weighted by atomic mass is 35.5. The van der Waals surface area contributed by atoms with E-state index in [1.807, 2.05) is 12.1 Å². The highest BCUT2D eigenvalue weighted by Crippen LogP contribution is 2.40. The SMILES string of the molecule is Clc1ccc(CSc2nnc(C3CC3)n2CC2CCCO2)cc1. The van der Waals surface area contributed by atoms with Crippen molar-refractivity contribution in [1.82, 2.24) is 14.8 Å². The van der Waals surface area contributed by atoms with Gasteiger partial charge in [-0.05, 0) is 43.4 Å². The molecule has 6 heteroatoms. The van der Waals surface area contributed by atoms with Gasteiger partial charge >= 0.3 is 0 Å². The Morgan fingerprint density at radius 2 is 2.00 bits per heavy atom. The van der Waals surface area contributed by atoms with Crippen LogP contribution in [0.2, 0.25) is 5.02 Å². The Balaban J connectivity index is 1.49. The molecule has 0 amide bonds. The van der Waals surface area contributed by atoms with Crippen LogP contribution in [0.3, 0.4) is 0 Å². The van der Waals surface area contributed by atoms with Gasteiger partial charge in [0, 0.05) is 23.3 Å². The molecular weight excluding hydrogens is 330 g/mol. The smallest absolute Gasteiger partial charge is 0.191 e. The fourth-order valence-electron chi connectivity index (χ4n) is 2.94. The predicted molar refractivity (Wildman–Crippen MR) is 92.0 cm³/mol. The third kappa shape index (κ3) is 3.73. The van der Waals surface area contributed by atoms with Crippen LogP contribution >= 0.6 is 23.4 Å². The third-order valence-electron chi connectivity index (χ3n) is 4.38. The van der Waals surface area contributed by atoms with Gasteiger partial charge in [-0.1, -0.05) is 35.5 Å². The first-order valence-electron chi connectivity index (χ1n) is 8.21. The standard InChI is InChI=1S/C17H20ClN3OS/c18-14-7-3-12(4-8-14)11-23-17-20-19-16(13-5-6-13)21(17)10-15-2-1-9-22-15/h3-4,7-8,13,15H,1-2,5-6,9-11H2. The molecule has 0 radical (unpaired) electrons. The number of thioether (sulfide) groups is 1. The van der Waals surface area contributed by atoms with Crippen molar-refractivity contribution in [3.63, 3.8) is 0 Å². The number of aromatic nitrogens is 3. The zero-order valence-electron chi connectivity index (χ0n) is 12.9. The maximum atomic E-state index is 5.95. The van der Waals surface area contributed by atoms with E-state index in [0.29, 0.717) is 12.0 Å². The molecule has 0 bridgehead atoms. The fourth-order valence-corrected chi connectivity index (χ4v) is 3.98. The van der Waals surface area contributed by atoms with Crippen molar-refractivity contribution in [2.24, 2.45) is 0 Å². The van der Waals surface area contributed by atoms with Crippen LogP contribution in [0.5, 0.6) is 0 Å². The van der Waals surface area contributed by atoms with Crippen LogP contribution in [-0.2, 0) is 17.0 Å². The van der Waals surface area contributed by atoms with Crippen LogP contribution in [0.4, 0.5) is 0 Å². The molecule has 1 atom stereocenters. The van der Waals surface area contributed by atoms with Crippen molar-refractivity contribution in [3.8, 4) is 0 Å². The first-order chi connectivity index (χ1) is 11.3. The van der Waals surface area contributed by atoms with Crippen LogP contribution < -0.4 is 0 Å². The molecule has 1 aliphatic heterocycles. The first kappa shape index (κ1) is 15.5. The van der Waals surface area contributed by atoms with Crippen molar-refractivity contribution in [2.75, 3.05) is 6.61 Å². The molecule has 2 heterocycles. The maximum Gasteiger partial charge on any atom is 0.191 e. The zero-order chi connectivity index (χ0) is 15.6. The second kappa shape index (κ2) is 6.83. The summed E-state index contributed by atoms with van der Waals surface area (Å²) in [7, 11) is 0. The van der Waals surface area contributed by atoms with Gasteiger partial charge in [-0.15, -0.1) is 10.2 Å². The lowest BCUT2D eigenvalue weighted by atomic mass is 10.2. The lowest BCUT2D eigenvalue weighted by Crippen LogP contribution is -2.17. The topological polar surface area (TPSA) is 39.9 Å². The van der Waals surface area contributed by atoms with E-state index in [4.69, 9.17) is 16.3 Å². The van der Waals surface area contributed by atoms with Gasteiger partial charge in [0.05, 0.1) is 12.6 Å². The number of rotatable bonds is 6. The number of hydrogen-bond acceptors (Lipinski definition) is 4. The summed E-state index contributed by atoms with van der Waals surface area (Å²) in [6, 6.07) is 8.00. The molecular formula is C17H20ClN3OS. The molecule has 2 aromatic rings. The largest absolute Gasteiger partial charge is 0.376 e. The molecule has 1 saturated heterocycles. The molecule has 1 unspecified atom stereocenters. The van der Waals surface area contributed by atoms with Gasteiger partial charge in [0.25, 0.3) is 0 Å². The second-order valence-electron chi connectivity index (χ2n) is 6.28. The quantitative estimate of drug-likeness (QED) is 0.730. The Labute approximate surface area is 145 Å². The van der Waals surface area contributed by atoms with Crippen molar-refractivity contribution >= 4 is 23.4 Å². The number of nitrogens with zero attached hydrogens (tertiary/aromatic N) is 3. The van der Waals surface area contributed by atoms with Gasteiger partial charge in [-0.3, -0.25) is 0 Å². The lowest BCUT2D eigenvalue weighted by Gasteiger charge is -2.14. The first-order valence-corrected chi connectivity index (χ1v) is 9.58. The van der Waals surface area contributed by atoms with Gasteiger partial charge in [0.1, 0.15) is 5.82 Å². The number of ether oxygens (including phenoxy) is 1. The Bertz CT molecular complexity index is 663. The molecule has 2 fully saturated rings. The average Bonchev–Trinajstić information content (AvgIpc) is 3.13. The summed E-state index contributed by atoms with van der Waals surface area (Å²) in [5.74, 6) is 2.64. The molecule has 4 nitrogen and oxygen atoms in total. The van der Waals surface area contributed by atoms with Gasteiger partial charge in [0.2, 0.25) is 0 Å². The van der Waals surface area contributed by atoms with E-state index in [0.717, 1.165) is 41.3 Å². The number of hydrogen-bond donors (Lipinski definition) is 0. The summed E-state index contributed by atoms with van der Waals surface area (Å²) in [5, 5.41) is 10.7. The van der Waals surface area contributed by atoms with E-state index in [9.17, 15) is 0 Å². The fraction of sp³-hybridized carbons (Fsp3) is 0.529. The Morgan fingerprint density at radius 1 is 1.17 bits per heavy atom. The third-order valence-corrected chi connectivity index (χ3v) is 5.67. The summed E-state index contributed by atoms with van der Waals surface area (Å²) in [6.07, 6.45) is 5.11. The second-order valence-corrected chi connectivity index (χ2v) is 7.65. The van der Waals surface area contributed by atoms with Crippen LogP contribution in [-0.4, -0.2) is 27.5 Å². The van der Waals surface area contributed by atoms with Gasteiger partial charge in [-0.2, -0.15) is 0 Å². The molecule has 1 aromatic carbocycles. The molecule has 1 saturated carbocycles. The predicted octanol–water partition coefficient (Wildman–Crippen LogP) is 4.28. The van der Waals surface area contributed by atoms with Crippen molar-refractivity contribution in [1.29, 1.82) is 0 Å². The molecule has 23 heavy (non-hydrogen) atoms. The van der Waals surface area contributed by atoms with Crippen LogP contribution in [0, 0.1) is 0 Å². The molecule has 122 valence electrons. The minimum absolute atomic E-state index is 0.318. The minimum atomic E-state index is 0.318. The van der Waals surface area contributed by atoms with Crippen LogP contribution in [0.25, 0.3) is 0 Å². The average molecular weight is 350 g/mol. The summed E-state index contributed by atoms with van der Waals surface area (Å²) in [5.41, 5.74) is 1.25. The summed E-state index contributed by atoms with van der Waals surface area (Å²) < 4.78 is 8.11. The molecule has 0 N–H and O–H groups in total. The highest BCUT2D eigenvalue weighted by Gasteiger charge is 2.31. The van der Waals surface area contributed by atoms with E-state index in [1.54, 1.807) is 11.8 Å². The van der Waals surface area contributed by atoms with Crippen molar-refractivity contribution < 1.29 is 4.74 Å². The Kier molecular flexibility index (Phi) is 4.60. The molecule has 0 spiro atoms. The number of benzene rings is 1. The van der Waals surface area contributed by atoms with E-state index in [2.05, 4.69) is 26.9 Å². The number of halogens is 1. The summed E-state index contributed by atoms with van der Waals surface area (Å²) >= 11 is 7.69. The minimum Gasteiger partial charge on any atom is -0.376 e. The monoisotopic (exact) mass is 349 g/mol. The van der Waals surface area contributed by atoms with E-state index in [-0.39, 0.29) is 0 Å². The van der Waals surface area contributed by atoms with Crippen LogP contribution in [0.1, 0.15) is 43.0 Å². The van der Waals surface area contributed by atoms with E-state index < -0.39 is 0 Å². The molecule has 4 rings (SSSR count). The highest BCUT2D eigenvalue weighted by molar-refractivity contribution is 7.98. The zero-order valence-corrected chi connectivity index (χ0v) is 14.5. The lowest BCUT2D eigenvalue weighted by molar-refractivity contribution is 0.0942. The van der Waals surface area contributed by atoms with Gasteiger partial charge in [0.15, 0.2) is 5.16 Å². The van der Waals surface area contributed by atoms with E-state index in [1.165, 1.54) is 24.8 Å². The Morgan fingerprint density at radius 3 is 2.70 bits per heavy atom. The van der Waals surface area contributed by atoms with E-state index >= 15 is 0 Å². The normalized spacial score (nSPS) is 21.0. The molecule has 2 aliphatic rings. The van der Waals surface area contributed by atoms with Crippen molar-refractivity contribution in [2.45, 2.75) is 55.2 Å². The summed E-state index contributed by atoms with van der Waals surface area (Å²) in [4.78, 5) is 0. The van der Waals surface area contributed by atoms with Gasteiger partial charge in [-0.25, -0.2) is 0 Å². The summed E-state index contributed by atoms with van der Waals surface area (Å²) in [6.45, 7) is 1.78. The molecule has 1 aliphatic carbocycles. The Hall–Kier alpha value is -1.04.